The molecule has 0 amide bonds. The van der Waals surface area contributed by atoms with E-state index in [4.69, 9.17) is 4.74 Å². The van der Waals surface area contributed by atoms with Crippen LogP contribution in [0.3, 0.4) is 0 Å². The molecule has 2 fully saturated rings. The Labute approximate surface area is 112 Å². The van der Waals surface area contributed by atoms with Crippen molar-refractivity contribution in [1.82, 2.24) is 4.90 Å². The van der Waals surface area contributed by atoms with Crippen molar-refractivity contribution in [3.8, 4) is 0 Å². The van der Waals surface area contributed by atoms with Crippen molar-refractivity contribution in [3.05, 3.63) is 0 Å². The normalized spacial score (nSPS) is 37.0. The molecule has 0 spiro atoms. The third-order valence-electron chi connectivity index (χ3n) is 4.69. The lowest BCUT2D eigenvalue weighted by Gasteiger charge is -2.39. The molecule has 3 unspecified atom stereocenters. The molecule has 2 rings (SSSR count). The summed E-state index contributed by atoms with van der Waals surface area (Å²) < 4.78 is 5.89. The van der Waals surface area contributed by atoms with Crippen LogP contribution in [0.2, 0.25) is 0 Å². The lowest BCUT2D eigenvalue weighted by Crippen LogP contribution is -2.50. The van der Waals surface area contributed by atoms with E-state index in [1.807, 2.05) is 0 Å². The number of hydrogen-bond donors (Lipinski definition) is 1. The quantitative estimate of drug-likeness (QED) is 0.837. The summed E-state index contributed by atoms with van der Waals surface area (Å²) in [6.45, 7) is 9.54. The van der Waals surface area contributed by atoms with Gasteiger partial charge in [-0.15, -0.1) is 0 Å². The van der Waals surface area contributed by atoms with Gasteiger partial charge in [-0.25, -0.2) is 0 Å². The molecule has 0 aromatic rings. The number of nitrogens with zero attached hydrogens (tertiary/aromatic N) is 1. The first-order chi connectivity index (χ1) is 8.54. The van der Waals surface area contributed by atoms with Gasteiger partial charge in [-0.3, -0.25) is 4.90 Å². The highest BCUT2D eigenvalue weighted by molar-refractivity contribution is 4.97. The van der Waals surface area contributed by atoms with Gasteiger partial charge in [0.15, 0.2) is 0 Å². The predicted molar refractivity (Wildman–Crippen MR) is 73.6 cm³/mol. The summed E-state index contributed by atoms with van der Waals surface area (Å²) in [5, 5.41) is 10.4. The van der Waals surface area contributed by atoms with Crippen molar-refractivity contribution in [2.75, 3.05) is 19.7 Å². The summed E-state index contributed by atoms with van der Waals surface area (Å²) in [6.07, 6.45) is 5.96. The molecular formula is C15H29NO2. The van der Waals surface area contributed by atoms with E-state index in [9.17, 15) is 5.11 Å². The zero-order valence-corrected chi connectivity index (χ0v) is 12.2. The van der Waals surface area contributed by atoms with Gasteiger partial charge in [0.2, 0.25) is 0 Å². The van der Waals surface area contributed by atoms with E-state index >= 15 is 0 Å². The van der Waals surface area contributed by atoms with Gasteiger partial charge in [-0.05, 0) is 44.1 Å². The molecule has 1 aliphatic heterocycles. The van der Waals surface area contributed by atoms with Crippen LogP contribution in [0.25, 0.3) is 0 Å². The first-order valence-corrected chi connectivity index (χ1v) is 7.58. The molecule has 1 heterocycles. The van der Waals surface area contributed by atoms with Gasteiger partial charge < -0.3 is 9.84 Å². The number of rotatable bonds is 4. The second-order valence-electron chi connectivity index (χ2n) is 6.67. The molecule has 0 radical (unpaired) electrons. The molecule has 1 N–H and O–H groups in total. The Morgan fingerprint density at radius 1 is 1.33 bits per heavy atom. The van der Waals surface area contributed by atoms with Crippen molar-refractivity contribution >= 4 is 0 Å². The zero-order valence-electron chi connectivity index (χ0n) is 12.2. The number of aliphatic hydroxyl groups excluding tert-OH is 1. The lowest BCUT2D eigenvalue weighted by atomic mass is 9.88. The van der Waals surface area contributed by atoms with Crippen LogP contribution in [0.15, 0.2) is 0 Å². The molecule has 1 saturated heterocycles. The van der Waals surface area contributed by atoms with Crippen LogP contribution in [0.4, 0.5) is 0 Å². The van der Waals surface area contributed by atoms with Crippen molar-refractivity contribution in [3.63, 3.8) is 0 Å². The Kier molecular flexibility index (Phi) is 4.68. The van der Waals surface area contributed by atoms with E-state index < -0.39 is 0 Å². The van der Waals surface area contributed by atoms with E-state index in [1.54, 1.807) is 0 Å². The molecule has 3 heteroatoms. The zero-order chi connectivity index (χ0) is 13.2. The van der Waals surface area contributed by atoms with Gasteiger partial charge in [0.25, 0.3) is 0 Å². The van der Waals surface area contributed by atoms with Gasteiger partial charge in [-0.2, -0.15) is 0 Å². The van der Waals surface area contributed by atoms with Crippen LogP contribution in [0.1, 0.15) is 52.9 Å². The topological polar surface area (TPSA) is 32.7 Å². The van der Waals surface area contributed by atoms with Crippen molar-refractivity contribution in [2.45, 2.75) is 71.1 Å². The summed E-state index contributed by atoms with van der Waals surface area (Å²) >= 11 is 0. The van der Waals surface area contributed by atoms with Crippen molar-refractivity contribution in [2.24, 2.45) is 5.41 Å². The third-order valence-corrected chi connectivity index (χ3v) is 4.69. The highest BCUT2D eigenvalue weighted by atomic mass is 16.5. The molecular weight excluding hydrogens is 226 g/mol. The highest BCUT2D eigenvalue weighted by Crippen LogP contribution is 2.40. The summed E-state index contributed by atoms with van der Waals surface area (Å²) in [5.74, 6) is 0. The van der Waals surface area contributed by atoms with Gasteiger partial charge in [-0.1, -0.05) is 20.8 Å². The Morgan fingerprint density at radius 2 is 2.11 bits per heavy atom. The fourth-order valence-electron chi connectivity index (χ4n) is 3.42. The molecule has 0 aromatic heterocycles. The third kappa shape index (κ3) is 3.06. The fraction of sp³-hybridized carbons (Fsp3) is 1.00. The smallest absolute Gasteiger partial charge is 0.0746 e. The van der Waals surface area contributed by atoms with E-state index in [-0.39, 0.29) is 11.5 Å². The number of hydrogen-bond acceptors (Lipinski definition) is 3. The second kappa shape index (κ2) is 5.89. The van der Waals surface area contributed by atoms with Gasteiger partial charge >= 0.3 is 0 Å². The molecule has 18 heavy (non-hydrogen) atoms. The van der Waals surface area contributed by atoms with E-state index in [2.05, 4.69) is 25.7 Å². The summed E-state index contributed by atoms with van der Waals surface area (Å²) in [6, 6.07) is 0.355. The average molecular weight is 255 g/mol. The van der Waals surface area contributed by atoms with Crippen LogP contribution < -0.4 is 0 Å². The fourth-order valence-corrected chi connectivity index (χ4v) is 3.42. The molecule has 2 aliphatic rings. The van der Waals surface area contributed by atoms with E-state index in [0.717, 1.165) is 39.0 Å². The minimum absolute atomic E-state index is 0.0852. The number of ether oxygens (including phenoxy) is 1. The summed E-state index contributed by atoms with van der Waals surface area (Å²) in [4.78, 5) is 2.48. The maximum Gasteiger partial charge on any atom is 0.0746 e. The number of likely N-dealkylation sites (tertiary alicyclic amines) is 1. The minimum atomic E-state index is -0.178. The van der Waals surface area contributed by atoms with Gasteiger partial charge in [0.1, 0.15) is 0 Å². The minimum Gasteiger partial charge on any atom is -0.391 e. The van der Waals surface area contributed by atoms with Crippen LogP contribution in [0, 0.1) is 5.41 Å². The number of aliphatic hydroxyl groups is 1. The first-order valence-electron chi connectivity index (χ1n) is 7.58. The summed E-state index contributed by atoms with van der Waals surface area (Å²) in [7, 11) is 0. The van der Waals surface area contributed by atoms with Crippen molar-refractivity contribution in [1.29, 1.82) is 0 Å². The Hall–Kier alpha value is -0.120. The van der Waals surface area contributed by atoms with Crippen molar-refractivity contribution < 1.29 is 9.84 Å². The molecule has 3 nitrogen and oxygen atoms in total. The van der Waals surface area contributed by atoms with E-state index in [1.165, 1.54) is 12.8 Å². The predicted octanol–water partition coefficient (Wildman–Crippen LogP) is 2.43. The monoisotopic (exact) mass is 255 g/mol. The molecule has 3 atom stereocenters. The molecule has 1 aliphatic carbocycles. The average Bonchev–Trinajstić information content (AvgIpc) is 2.62. The Balaban J connectivity index is 1.89. The van der Waals surface area contributed by atoms with Crippen LogP contribution in [0.5, 0.6) is 0 Å². The molecule has 106 valence electrons. The Bertz CT molecular complexity index is 267. The van der Waals surface area contributed by atoms with Crippen LogP contribution in [-0.4, -0.2) is 48.0 Å². The largest absolute Gasteiger partial charge is 0.391 e. The van der Waals surface area contributed by atoms with Gasteiger partial charge in [0.05, 0.1) is 12.2 Å². The molecule has 1 saturated carbocycles. The Morgan fingerprint density at radius 3 is 2.72 bits per heavy atom. The standard InChI is InChI=1S/C15H29NO2/c1-4-10-18-12-6-5-9-16(11-12)13-7-8-15(2,3)14(13)17/h12-14,17H,4-11H2,1-3H3. The molecule has 0 bridgehead atoms. The number of piperidine rings is 1. The summed E-state index contributed by atoms with van der Waals surface area (Å²) in [5.41, 5.74) is 0.0852. The highest BCUT2D eigenvalue weighted by Gasteiger charge is 2.44. The maximum atomic E-state index is 10.4. The van der Waals surface area contributed by atoms with Crippen LogP contribution in [-0.2, 0) is 4.74 Å². The SMILES string of the molecule is CCCOC1CCCN(C2CCC(C)(C)C2O)C1. The van der Waals surface area contributed by atoms with E-state index in [0.29, 0.717) is 12.1 Å². The second-order valence-corrected chi connectivity index (χ2v) is 6.67. The molecule has 0 aromatic carbocycles. The van der Waals surface area contributed by atoms with Gasteiger partial charge in [0, 0.05) is 19.2 Å². The lowest BCUT2D eigenvalue weighted by molar-refractivity contribution is -0.0422. The van der Waals surface area contributed by atoms with Crippen LogP contribution >= 0.6 is 0 Å². The maximum absolute atomic E-state index is 10.4. The first kappa shape index (κ1) is 14.3.